The molecule has 3 aliphatic rings. The Labute approximate surface area is 122 Å². The number of nitrogens with two attached hydrogens (primary N) is 1. The van der Waals surface area contributed by atoms with Gasteiger partial charge in [-0.1, -0.05) is 20.3 Å². The van der Waals surface area contributed by atoms with Crippen LogP contribution >= 0.6 is 0 Å². The lowest BCUT2D eigenvalue weighted by atomic mass is 9.54. The zero-order chi connectivity index (χ0) is 14.5. The highest BCUT2D eigenvalue weighted by atomic mass is 16.5. The van der Waals surface area contributed by atoms with Crippen LogP contribution in [-0.4, -0.2) is 42.1 Å². The molecule has 4 heteroatoms. The highest BCUT2D eigenvalue weighted by Gasteiger charge is 2.64. The molecule has 114 valence electrons. The van der Waals surface area contributed by atoms with Crippen molar-refractivity contribution in [2.45, 2.75) is 58.1 Å². The maximum absolute atomic E-state index is 12.9. The summed E-state index contributed by atoms with van der Waals surface area (Å²) >= 11 is 0. The molecule has 1 heterocycles. The summed E-state index contributed by atoms with van der Waals surface area (Å²) in [6, 6.07) is 0. The Morgan fingerprint density at radius 2 is 1.90 bits per heavy atom. The minimum atomic E-state index is -0.731. The maximum Gasteiger partial charge on any atom is 0.243 e. The Kier molecular flexibility index (Phi) is 3.37. The molecular formula is C16H28N2O2. The monoisotopic (exact) mass is 280 g/mol. The van der Waals surface area contributed by atoms with Crippen molar-refractivity contribution in [2.75, 3.05) is 19.7 Å². The van der Waals surface area contributed by atoms with Crippen molar-refractivity contribution in [3.8, 4) is 0 Å². The molecular weight excluding hydrogens is 252 g/mol. The molecule has 20 heavy (non-hydrogen) atoms. The predicted octanol–water partition coefficient (Wildman–Crippen LogP) is 1.78. The number of hydrogen-bond acceptors (Lipinski definition) is 3. The molecule has 0 aromatic carbocycles. The summed E-state index contributed by atoms with van der Waals surface area (Å²) in [6.45, 7) is 8.69. The number of amides is 1. The van der Waals surface area contributed by atoms with Crippen LogP contribution in [0.4, 0.5) is 0 Å². The second kappa shape index (κ2) is 4.70. The molecule has 3 fully saturated rings. The number of rotatable bonds is 3. The number of nitrogens with zero attached hydrogens (tertiary/aromatic N) is 1. The van der Waals surface area contributed by atoms with E-state index in [1.807, 2.05) is 11.8 Å². The molecule has 0 aromatic rings. The van der Waals surface area contributed by atoms with Gasteiger partial charge in [-0.2, -0.15) is 0 Å². The summed E-state index contributed by atoms with van der Waals surface area (Å²) < 4.78 is 5.73. The molecule has 2 N–H and O–H groups in total. The second-order valence-corrected chi connectivity index (χ2v) is 7.50. The maximum atomic E-state index is 12.9. The summed E-state index contributed by atoms with van der Waals surface area (Å²) in [6.07, 6.45) is 4.69. The number of likely N-dealkylation sites (tertiary alicyclic amines) is 1. The van der Waals surface area contributed by atoms with Crippen LogP contribution in [0.1, 0.15) is 46.5 Å². The van der Waals surface area contributed by atoms with E-state index in [1.54, 1.807) is 0 Å². The molecule has 2 aliphatic carbocycles. The van der Waals surface area contributed by atoms with E-state index in [0.717, 1.165) is 24.9 Å². The molecule has 0 bridgehead atoms. The lowest BCUT2D eigenvalue weighted by Gasteiger charge is -2.58. The van der Waals surface area contributed by atoms with Gasteiger partial charge >= 0.3 is 0 Å². The summed E-state index contributed by atoms with van der Waals surface area (Å²) in [7, 11) is 0. The van der Waals surface area contributed by atoms with E-state index in [4.69, 9.17) is 10.5 Å². The standard InChI is InChI=1S/C16H28N2O2/c1-4-20-13-8-16(17,15(13,2)3)14(19)18-9-11-6-5-7-12(11)10-18/h11-13H,4-10,17H2,1-3H3. The lowest BCUT2D eigenvalue weighted by molar-refractivity contribution is -0.178. The lowest BCUT2D eigenvalue weighted by Crippen LogP contribution is -2.76. The first-order valence-electron chi connectivity index (χ1n) is 8.10. The van der Waals surface area contributed by atoms with Crippen molar-refractivity contribution in [2.24, 2.45) is 23.0 Å². The smallest absolute Gasteiger partial charge is 0.243 e. The summed E-state index contributed by atoms with van der Waals surface area (Å²) in [5, 5.41) is 0. The fourth-order valence-electron chi connectivity index (χ4n) is 4.48. The van der Waals surface area contributed by atoms with Crippen LogP contribution < -0.4 is 5.73 Å². The van der Waals surface area contributed by atoms with Crippen LogP contribution in [0, 0.1) is 17.3 Å². The summed E-state index contributed by atoms with van der Waals surface area (Å²) in [5.41, 5.74) is 5.51. The predicted molar refractivity (Wildman–Crippen MR) is 78.1 cm³/mol. The van der Waals surface area contributed by atoms with Gasteiger partial charge in [0.15, 0.2) is 0 Å². The van der Waals surface area contributed by atoms with Crippen LogP contribution in [0.15, 0.2) is 0 Å². The molecule has 4 atom stereocenters. The van der Waals surface area contributed by atoms with E-state index in [1.165, 1.54) is 19.3 Å². The van der Waals surface area contributed by atoms with Gasteiger partial charge in [-0.3, -0.25) is 4.79 Å². The van der Waals surface area contributed by atoms with Crippen molar-refractivity contribution in [1.82, 2.24) is 4.90 Å². The Morgan fingerprint density at radius 3 is 2.40 bits per heavy atom. The molecule has 1 saturated heterocycles. The van der Waals surface area contributed by atoms with Gasteiger partial charge in [0.1, 0.15) is 5.54 Å². The van der Waals surface area contributed by atoms with E-state index >= 15 is 0 Å². The quantitative estimate of drug-likeness (QED) is 0.857. The van der Waals surface area contributed by atoms with Crippen LogP contribution in [0.3, 0.4) is 0 Å². The molecule has 3 rings (SSSR count). The molecule has 4 nitrogen and oxygen atoms in total. The molecule has 4 unspecified atom stereocenters. The average Bonchev–Trinajstić information content (AvgIpc) is 2.98. The van der Waals surface area contributed by atoms with Crippen molar-refractivity contribution in [3.63, 3.8) is 0 Å². The van der Waals surface area contributed by atoms with Crippen molar-refractivity contribution >= 4 is 5.91 Å². The van der Waals surface area contributed by atoms with E-state index in [-0.39, 0.29) is 17.4 Å². The van der Waals surface area contributed by atoms with Gasteiger partial charge in [0.2, 0.25) is 5.91 Å². The fourth-order valence-corrected chi connectivity index (χ4v) is 4.48. The largest absolute Gasteiger partial charge is 0.378 e. The zero-order valence-corrected chi connectivity index (χ0v) is 13.0. The van der Waals surface area contributed by atoms with Crippen molar-refractivity contribution in [1.29, 1.82) is 0 Å². The third kappa shape index (κ3) is 1.84. The number of carbonyl (C=O) groups is 1. The van der Waals surface area contributed by atoms with Crippen molar-refractivity contribution < 1.29 is 9.53 Å². The van der Waals surface area contributed by atoms with Crippen LogP contribution in [0.25, 0.3) is 0 Å². The van der Waals surface area contributed by atoms with Gasteiger partial charge in [-0.15, -0.1) is 0 Å². The highest BCUT2D eigenvalue weighted by Crippen LogP contribution is 2.51. The minimum Gasteiger partial charge on any atom is -0.378 e. The molecule has 0 radical (unpaired) electrons. The summed E-state index contributed by atoms with van der Waals surface area (Å²) in [4.78, 5) is 14.9. The van der Waals surface area contributed by atoms with E-state index in [9.17, 15) is 4.79 Å². The minimum absolute atomic E-state index is 0.114. The van der Waals surface area contributed by atoms with Crippen LogP contribution in [-0.2, 0) is 9.53 Å². The van der Waals surface area contributed by atoms with E-state index in [2.05, 4.69) is 13.8 Å². The van der Waals surface area contributed by atoms with Crippen LogP contribution in [0.5, 0.6) is 0 Å². The van der Waals surface area contributed by atoms with Gasteiger partial charge in [0.25, 0.3) is 0 Å². The molecule has 1 amide bonds. The van der Waals surface area contributed by atoms with Gasteiger partial charge in [-0.05, 0) is 31.6 Å². The van der Waals surface area contributed by atoms with E-state index in [0.29, 0.717) is 13.0 Å². The first-order chi connectivity index (χ1) is 9.40. The number of carbonyl (C=O) groups excluding carboxylic acids is 1. The first-order valence-corrected chi connectivity index (χ1v) is 8.10. The molecule has 2 saturated carbocycles. The normalized spacial score (nSPS) is 42.4. The fraction of sp³-hybridized carbons (Fsp3) is 0.938. The third-order valence-corrected chi connectivity index (χ3v) is 6.23. The Balaban J connectivity index is 1.69. The summed E-state index contributed by atoms with van der Waals surface area (Å²) in [5.74, 6) is 1.62. The van der Waals surface area contributed by atoms with Gasteiger partial charge in [0.05, 0.1) is 6.10 Å². The molecule has 0 spiro atoms. The molecule has 0 aromatic heterocycles. The second-order valence-electron chi connectivity index (χ2n) is 7.50. The zero-order valence-electron chi connectivity index (χ0n) is 13.0. The van der Waals surface area contributed by atoms with Gasteiger partial charge in [0, 0.05) is 31.5 Å². The number of hydrogen-bond donors (Lipinski definition) is 1. The van der Waals surface area contributed by atoms with Crippen molar-refractivity contribution in [3.05, 3.63) is 0 Å². The van der Waals surface area contributed by atoms with Gasteiger partial charge in [-0.25, -0.2) is 0 Å². The number of ether oxygens (including phenoxy) is 1. The van der Waals surface area contributed by atoms with E-state index < -0.39 is 5.54 Å². The highest BCUT2D eigenvalue weighted by molar-refractivity contribution is 5.89. The first kappa shape index (κ1) is 14.3. The average molecular weight is 280 g/mol. The van der Waals surface area contributed by atoms with Crippen LogP contribution in [0.2, 0.25) is 0 Å². The Bertz CT molecular complexity index is 397. The van der Waals surface area contributed by atoms with Gasteiger partial charge < -0.3 is 15.4 Å². The Hall–Kier alpha value is -0.610. The SMILES string of the molecule is CCOC1CC(N)(C(=O)N2CC3CCCC3C2)C1(C)C. The topological polar surface area (TPSA) is 55.6 Å². The Morgan fingerprint density at radius 1 is 1.30 bits per heavy atom. The number of fused-ring (bicyclic) bond motifs is 1. The molecule has 1 aliphatic heterocycles. The third-order valence-electron chi connectivity index (χ3n) is 6.23.